The summed E-state index contributed by atoms with van der Waals surface area (Å²) in [5.41, 5.74) is -0.181. The summed E-state index contributed by atoms with van der Waals surface area (Å²) in [6, 6.07) is 1.09. The highest BCUT2D eigenvalue weighted by Gasteiger charge is 2.24. The zero-order chi connectivity index (χ0) is 9.12. The molecular weight excluding hydrogens is 156 g/mol. The zero-order valence-electron chi connectivity index (χ0n) is 8.52. The second-order valence-electron chi connectivity index (χ2n) is 4.39. The quantitative estimate of drug-likeness (QED) is 0.374. The lowest BCUT2D eigenvalue weighted by Gasteiger charge is -2.25. The van der Waals surface area contributed by atoms with E-state index in [-0.39, 0.29) is 5.60 Å². The standard InChI is InChI=1S/C8H20O2Si/c1-7-11(5,6)10-9-8(2,3)4/h7H2,1-6H3. The molecule has 0 unspecified atom stereocenters. The number of hydrogen-bond donors (Lipinski definition) is 0. The maximum atomic E-state index is 5.38. The van der Waals surface area contributed by atoms with Gasteiger partial charge in [-0.05, 0) is 39.9 Å². The minimum Gasteiger partial charge on any atom is -0.286 e. The Hall–Kier alpha value is 0.137. The lowest BCUT2D eigenvalue weighted by Crippen LogP contribution is -2.33. The molecule has 68 valence electrons. The van der Waals surface area contributed by atoms with Crippen molar-refractivity contribution in [2.75, 3.05) is 0 Å². The first-order valence-electron chi connectivity index (χ1n) is 4.14. The van der Waals surface area contributed by atoms with Crippen molar-refractivity contribution in [1.29, 1.82) is 0 Å². The predicted octanol–water partition coefficient (Wildman–Crippen LogP) is 2.96. The fourth-order valence-corrected chi connectivity index (χ4v) is 0.890. The van der Waals surface area contributed by atoms with Crippen LogP contribution in [0.2, 0.25) is 19.1 Å². The Balaban J connectivity index is 3.70. The van der Waals surface area contributed by atoms with E-state index in [2.05, 4.69) is 20.0 Å². The summed E-state index contributed by atoms with van der Waals surface area (Å²) in [5.74, 6) is 0. The Labute approximate surface area is 71.0 Å². The van der Waals surface area contributed by atoms with Gasteiger partial charge >= 0.3 is 0 Å². The van der Waals surface area contributed by atoms with Crippen molar-refractivity contribution in [3.05, 3.63) is 0 Å². The van der Waals surface area contributed by atoms with Crippen LogP contribution in [0.4, 0.5) is 0 Å². The normalized spacial score (nSPS) is 13.6. The molecule has 0 fully saturated rings. The van der Waals surface area contributed by atoms with Crippen LogP contribution in [0.5, 0.6) is 0 Å². The van der Waals surface area contributed by atoms with Gasteiger partial charge in [-0.3, -0.25) is 4.58 Å². The molecule has 0 aliphatic carbocycles. The van der Waals surface area contributed by atoms with Crippen LogP contribution in [-0.2, 0) is 9.46 Å². The minimum absolute atomic E-state index is 0.181. The molecule has 0 bridgehead atoms. The van der Waals surface area contributed by atoms with Gasteiger partial charge in [-0.2, -0.15) is 0 Å². The van der Waals surface area contributed by atoms with Crippen molar-refractivity contribution in [3.63, 3.8) is 0 Å². The van der Waals surface area contributed by atoms with Crippen LogP contribution in [0.3, 0.4) is 0 Å². The summed E-state index contributed by atoms with van der Waals surface area (Å²) in [7, 11) is -1.51. The summed E-state index contributed by atoms with van der Waals surface area (Å²) in [6.07, 6.45) is 0. The average molecular weight is 176 g/mol. The molecule has 3 heteroatoms. The van der Waals surface area contributed by atoms with Crippen molar-refractivity contribution in [2.24, 2.45) is 0 Å². The van der Waals surface area contributed by atoms with Crippen molar-refractivity contribution in [2.45, 2.75) is 52.4 Å². The first-order valence-corrected chi connectivity index (χ1v) is 7.25. The average Bonchev–Trinajstić information content (AvgIpc) is 1.83. The van der Waals surface area contributed by atoms with E-state index in [4.69, 9.17) is 9.46 Å². The van der Waals surface area contributed by atoms with Gasteiger partial charge in [-0.1, -0.05) is 6.92 Å². The molecule has 0 atom stereocenters. The minimum atomic E-state index is -1.51. The Bertz CT molecular complexity index is 116. The second-order valence-corrected chi connectivity index (χ2v) is 8.79. The predicted molar refractivity (Wildman–Crippen MR) is 49.9 cm³/mol. The Morgan fingerprint density at radius 1 is 1.18 bits per heavy atom. The van der Waals surface area contributed by atoms with Crippen molar-refractivity contribution in [1.82, 2.24) is 0 Å². The first-order chi connectivity index (χ1) is 4.77. The van der Waals surface area contributed by atoms with Crippen molar-refractivity contribution >= 4 is 8.32 Å². The van der Waals surface area contributed by atoms with E-state index in [1.165, 1.54) is 0 Å². The van der Waals surface area contributed by atoms with Crippen LogP contribution in [-0.4, -0.2) is 13.9 Å². The maximum absolute atomic E-state index is 5.38. The number of hydrogen-bond acceptors (Lipinski definition) is 2. The van der Waals surface area contributed by atoms with Crippen LogP contribution in [0.25, 0.3) is 0 Å². The molecule has 0 aromatic heterocycles. The molecule has 0 aromatic rings. The lowest BCUT2D eigenvalue weighted by molar-refractivity contribution is -0.285. The number of rotatable bonds is 3. The Kier molecular flexibility index (Phi) is 3.74. The molecule has 0 aliphatic rings. The summed E-state index contributed by atoms with van der Waals surface area (Å²) >= 11 is 0. The van der Waals surface area contributed by atoms with E-state index in [1.54, 1.807) is 0 Å². The van der Waals surface area contributed by atoms with Crippen molar-refractivity contribution < 1.29 is 9.46 Å². The molecule has 0 aliphatic heterocycles. The van der Waals surface area contributed by atoms with Gasteiger partial charge in [0.2, 0.25) is 8.32 Å². The molecule has 0 radical (unpaired) electrons. The molecule has 0 saturated carbocycles. The van der Waals surface area contributed by atoms with Gasteiger partial charge in [0.15, 0.2) is 0 Å². The molecule has 0 saturated heterocycles. The van der Waals surface area contributed by atoms with Crippen LogP contribution in [0.15, 0.2) is 0 Å². The molecule has 2 nitrogen and oxygen atoms in total. The fourth-order valence-electron chi connectivity index (χ4n) is 0.297. The summed E-state index contributed by atoms with van der Waals surface area (Å²) in [4.78, 5) is 5.25. The molecule has 0 heterocycles. The van der Waals surface area contributed by atoms with E-state index in [1.807, 2.05) is 20.8 Å². The van der Waals surface area contributed by atoms with Gasteiger partial charge in [-0.25, -0.2) is 4.89 Å². The highest BCUT2D eigenvalue weighted by atomic mass is 28.4. The van der Waals surface area contributed by atoms with Gasteiger partial charge in [0.1, 0.15) is 0 Å². The van der Waals surface area contributed by atoms with Gasteiger partial charge in [0.25, 0.3) is 0 Å². The molecular formula is C8H20O2Si. The monoisotopic (exact) mass is 176 g/mol. The van der Waals surface area contributed by atoms with Crippen LogP contribution >= 0.6 is 0 Å². The zero-order valence-corrected chi connectivity index (χ0v) is 9.52. The molecule has 0 N–H and O–H groups in total. The van der Waals surface area contributed by atoms with Crippen LogP contribution in [0.1, 0.15) is 27.7 Å². The van der Waals surface area contributed by atoms with Gasteiger partial charge in [0, 0.05) is 0 Å². The highest BCUT2D eigenvalue weighted by molar-refractivity contribution is 6.70. The molecule has 0 aromatic carbocycles. The SMILES string of the molecule is CC[Si](C)(C)OOC(C)(C)C. The largest absolute Gasteiger partial charge is 0.286 e. The molecule has 11 heavy (non-hydrogen) atoms. The maximum Gasteiger partial charge on any atom is 0.232 e. The van der Waals surface area contributed by atoms with Gasteiger partial charge < -0.3 is 0 Å². The molecule has 0 spiro atoms. The topological polar surface area (TPSA) is 18.5 Å². The third-order valence-electron chi connectivity index (χ3n) is 1.37. The fraction of sp³-hybridized carbons (Fsp3) is 1.00. The van der Waals surface area contributed by atoms with E-state index in [0.717, 1.165) is 6.04 Å². The Morgan fingerprint density at radius 2 is 1.64 bits per heavy atom. The van der Waals surface area contributed by atoms with E-state index in [0.29, 0.717) is 0 Å². The third kappa shape index (κ3) is 6.53. The van der Waals surface area contributed by atoms with Crippen LogP contribution in [0, 0.1) is 0 Å². The van der Waals surface area contributed by atoms with Gasteiger partial charge in [0.05, 0.1) is 5.60 Å². The van der Waals surface area contributed by atoms with Crippen LogP contribution < -0.4 is 0 Å². The van der Waals surface area contributed by atoms with E-state index in [9.17, 15) is 0 Å². The van der Waals surface area contributed by atoms with Crippen molar-refractivity contribution in [3.8, 4) is 0 Å². The third-order valence-corrected chi connectivity index (χ3v) is 3.61. The Morgan fingerprint density at radius 3 is 1.91 bits per heavy atom. The smallest absolute Gasteiger partial charge is 0.232 e. The first kappa shape index (κ1) is 11.1. The second kappa shape index (κ2) is 3.69. The highest BCUT2D eigenvalue weighted by Crippen LogP contribution is 2.15. The summed E-state index contributed by atoms with van der Waals surface area (Å²) in [6.45, 7) is 12.4. The van der Waals surface area contributed by atoms with E-state index < -0.39 is 8.32 Å². The van der Waals surface area contributed by atoms with Gasteiger partial charge in [-0.15, -0.1) is 0 Å². The lowest BCUT2D eigenvalue weighted by atomic mass is 10.2. The molecule has 0 rings (SSSR count). The van der Waals surface area contributed by atoms with E-state index >= 15 is 0 Å². The summed E-state index contributed by atoms with van der Waals surface area (Å²) in [5, 5.41) is 0. The molecule has 0 amide bonds. The summed E-state index contributed by atoms with van der Waals surface area (Å²) < 4.78 is 5.38.